The van der Waals surface area contributed by atoms with E-state index in [1.54, 1.807) is 0 Å². The molecule has 0 saturated heterocycles. The monoisotopic (exact) mass is 381 g/mol. The SMILES string of the molecule is Fc1cc(Br)c(N=C(Cl)C(F)(F)F)cc1Br. The van der Waals surface area contributed by atoms with Crippen LogP contribution in [0.3, 0.4) is 0 Å². The second kappa shape index (κ2) is 5.01. The fourth-order valence-corrected chi connectivity index (χ4v) is 1.59. The molecule has 16 heavy (non-hydrogen) atoms. The molecule has 0 heterocycles. The second-order valence-corrected chi connectivity index (χ2v) is 4.68. The molecule has 0 fully saturated rings. The fraction of sp³-hybridized carbons (Fsp3) is 0.125. The lowest BCUT2D eigenvalue weighted by atomic mass is 10.3. The van der Waals surface area contributed by atoms with Crippen LogP contribution < -0.4 is 0 Å². The van der Waals surface area contributed by atoms with E-state index in [1.165, 1.54) is 0 Å². The highest BCUT2D eigenvalue weighted by Crippen LogP contribution is 2.33. The third kappa shape index (κ3) is 3.43. The van der Waals surface area contributed by atoms with Crippen LogP contribution >= 0.6 is 43.5 Å². The molecule has 0 N–H and O–H groups in total. The summed E-state index contributed by atoms with van der Waals surface area (Å²) in [6.07, 6.45) is -4.72. The van der Waals surface area contributed by atoms with Gasteiger partial charge in [0.15, 0.2) is 0 Å². The fourth-order valence-electron chi connectivity index (χ4n) is 0.767. The Kier molecular flexibility index (Phi) is 4.36. The summed E-state index contributed by atoms with van der Waals surface area (Å²) in [4.78, 5) is 3.15. The summed E-state index contributed by atoms with van der Waals surface area (Å²) in [7, 11) is 0. The summed E-state index contributed by atoms with van der Waals surface area (Å²) >= 11 is 10.7. The van der Waals surface area contributed by atoms with Crippen molar-refractivity contribution in [2.24, 2.45) is 4.99 Å². The van der Waals surface area contributed by atoms with E-state index < -0.39 is 17.2 Å². The minimum absolute atomic E-state index is 0.00101. The van der Waals surface area contributed by atoms with Gasteiger partial charge in [-0.25, -0.2) is 9.38 Å². The van der Waals surface area contributed by atoms with Crippen LogP contribution in [0, 0.1) is 5.82 Å². The molecule has 0 aliphatic heterocycles. The summed E-state index contributed by atoms with van der Waals surface area (Å²) in [5, 5.41) is -1.52. The van der Waals surface area contributed by atoms with Crippen LogP contribution in [0.2, 0.25) is 0 Å². The van der Waals surface area contributed by atoms with Gasteiger partial charge in [0.25, 0.3) is 0 Å². The summed E-state index contributed by atoms with van der Waals surface area (Å²) in [5.74, 6) is -0.617. The minimum Gasteiger partial charge on any atom is -0.231 e. The molecule has 0 aromatic heterocycles. The Balaban J connectivity index is 3.21. The lowest BCUT2D eigenvalue weighted by Gasteiger charge is -2.05. The molecule has 0 radical (unpaired) electrons. The molecular formula is C8H2Br2ClF4N. The largest absolute Gasteiger partial charge is 0.444 e. The molecule has 1 rings (SSSR count). The van der Waals surface area contributed by atoms with Crippen LogP contribution in [0.15, 0.2) is 26.1 Å². The van der Waals surface area contributed by atoms with E-state index in [2.05, 4.69) is 36.9 Å². The molecule has 1 aromatic carbocycles. The van der Waals surface area contributed by atoms with Crippen molar-refractivity contribution in [3.05, 3.63) is 26.9 Å². The van der Waals surface area contributed by atoms with Gasteiger partial charge in [0.1, 0.15) is 5.82 Å². The highest BCUT2D eigenvalue weighted by molar-refractivity contribution is 9.11. The van der Waals surface area contributed by atoms with Crippen LogP contribution in [0.5, 0.6) is 0 Å². The van der Waals surface area contributed by atoms with Crippen molar-refractivity contribution in [2.75, 3.05) is 0 Å². The summed E-state index contributed by atoms with van der Waals surface area (Å²) in [6.45, 7) is 0. The predicted molar refractivity (Wildman–Crippen MR) is 60.8 cm³/mol. The molecule has 0 aliphatic carbocycles. The van der Waals surface area contributed by atoms with Gasteiger partial charge >= 0.3 is 6.18 Å². The molecule has 0 spiro atoms. The first kappa shape index (κ1) is 13.9. The molecule has 0 aliphatic rings. The molecule has 0 amide bonds. The normalized spacial score (nSPS) is 13.1. The predicted octanol–water partition coefficient (Wildman–Crippen LogP) is 5.18. The molecule has 0 unspecified atom stereocenters. The number of aliphatic imine (C=N–C) groups is 1. The number of alkyl halides is 3. The Morgan fingerprint density at radius 1 is 1.19 bits per heavy atom. The highest BCUT2D eigenvalue weighted by atomic mass is 79.9. The van der Waals surface area contributed by atoms with Gasteiger partial charge in [0.2, 0.25) is 5.17 Å². The molecule has 8 heteroatoms. The van der Waals surface area contributed by atoms with Crippen molar-refractivity contribution >= 4 is 54.3 Å². The Labute approximate surface area is 110 Å². The van der Waals surface area contributed by atoms with Crippen molar-refractivity contribution < 1.29 is 17.6 Å². The zero-order valence-electron chi connectivity index (χ0n) is 7.25. The van der Waals surface area contributed by atoms with E-state index >= 15 is 0 Å². The smallest absolute Gasteiger partial charge is 0.231 e. The molecule has 0 bridgehead atoms. The van der Waals surface area contributed by atoms with E-state index in [1.807, 2.05) is 0 Å². The zero-order valence-corrected chi connectivity index (χ0v) is 11.2. The first-order chi connectivity index (χ1) is 7.21. The molecule has 88 valence electrons. The van der Waals surface area contributed by atoms with Gasteiger partial charge in [0, 0.05) is 4.47 Å². The quantitative estimate of drug-likeness (QED) is 0.360. The van der Waals surface area contributed by atoms with Crippen LogP contribution in [0.1, 0.15) is 0 Å². The van der Waals surface area contributed by atoms with Gasteiger partial charge in [-0.2, -0.15) is 13.2 Å². The Hall–Kier alpha value is -0.140. The van der Waals surface area contributed by atoms with E-state index in [9.17, 15) is 17.6 Å². The van der Waals surface area contributed by atoms with E-state index in [0.29, 0.717) is 0 Å². The molecule has 1 nitrogen and oxygen atoms in total. The molecule has 0 atom stereocenters. The average molecular weight is 383 g/mol. The maximum Gasteiger partial charge on any atom is 0.444 e. The first-order valence-electron chi connectivity index (χ1n) is 3.67. The Morgan fingerprint density at radius 3 is 2.25 bits per heavy atom. The molecular weight excluding hydrogens is 381 g/mol. The molecule has 0 saturated carbocycles. The van der Waals surface area contributed by atoms with Crippen LogP contribution in [-0.4, -0.2) is 11.3 Å². The van der Waals surface area contributed by atoms with Gasteiger partial charge < -0.3 is 0 Å². The zero-order chi connectivity index (χ0) is 12.5. The number of hydrogen-bond donors (Lipinski definition) is 0. The lowest BCUT2D eigenvalue weighted by molar-refractivity contribution is -0.0558. The maximum absolute atomic E-state index is 13.0. The van der Waals surface area contributed by atoms with Gasteiger partial charge in [-0.15, -0.1) is 0 Å². The van der Waals surface area contributed by atoms with Crippen molar-refractivity contribution in [3.63, 3.8) is 0 Å². The van der Waals surface area contributed by atoms with Crippen LogP contribution in [0.4, 0.5) is 23.2 Å². The van der Waals surface area contributed by atoms with Crippen molar-refractivity contribution in [2.45, 2.75) is 6.18 Å². The Bertz CT molecular complexity index is 444. The number of rotatable bonds is 1. The van der Waals surface area contributed by atoms with Gasteiger partial charge in [-0.05, 0) is 44.0 Å². The van der Waals surface area contributed by atoms with Crippen LogP contribution in [-0.2, 0) is 0 Å². The molecule has 1 aromatic rings. The summed E-state index contributed by atoms with van der Waals surface area (Å²) in [5.41, 5.74) is -0.115. The van der Waals surface area contributed by atoms with Crippen molar-refractivity contribution in [1.82, 2.24) is 0 Å². The second-order valence-electron chi connectivity index (χ2n) is 2.62. The van der Waals surface area contributed by atoms with E-state index in [-0.39, 0.29) is 14.6 Å². The Morgan fingerprint density at radius 2 is 1.75 bits per heavy atom. The van der Waals surface area contributed by atoms with Crippen LogP contribution in [0.25, 0.3) is 0 Å². The van der Waals surface area contributed by atoms with E-state index in [4.69, 9.17) is 11.6 Å². The lowest BCUT2D eigenvalue weighted by Crippen LogP contribution is -2.16. The number of benzene rings is 1. The van der Waals surface area contributed by atoms with Gasteiger partial charge in [-0.1, -0.05) is 11.6 Å². The van der Waals surface area contributed by atoms with Gasteiger partial charge in [-0.3, -0.25) is 0 Å². The first-order valence-corrected chi connectivity index (χ1v) is 5.64. The third-order valence-electron chi connectivity index (χ3n) is 1.44. The van der Waals surface area contributed by atoms with Gasteiger partial charge in [0.05, 0.1) is 10.2 Å². The van der Waals surface area contributed by atoms with Crippen molar-refractivity contribution in [3.8, 4) is 0 Å². The number of hydrogen-bond acceptors (Lipinski definition) is 1. The maximum atomic E-state index is 13.0. The van der Waals surface area contributed by atoms with Crippen molar-refractivity contribution in [1.29, 1.82) is 0 Å². The topological polar surface area (TPSA) is 12.4 Å². The number of nitrogens with zero attached hydrogens (tertiary/aromatic N) is 1. The average Bonchev–Trinajstić information content (AvgIpc) is 2.12. The summed E-state index contributed by atoms with van der Waals surface area (Å²) in [6, 6.07) is 2.08. The van der Waals surface area contributed by atoms with E-state index in [0.717, 1.165) is 12.1 Å². The third-order valence-corrected chi connectivity index (χ3v) is 2.98. The highest BCUT2D eigenvalue weighted by Gasteiger charge is 2.34. The summed E-state index contributed by atoms with van der Waals surface area (Å²) < 4.78 is 49.3. The minimum atomic E-state index is -4.72. The standard InChI is InChI=1S/C8H2Br2ClF4N/c9-3-2-6(4(10)1-5(3)12)16-7(11)8(13,14)15/h1-2H. The number of halogens is 7.